The summed E-state index contributed by atoms with van der Waals surface area (Å²) in [6, 6.07) is 2.87. The van der Waals surface area contributed by atoms with Gasteiger partial charge in [-0.2, -0.15) is 0 Å². The van der Waals surface area contributed by atoms with Crippen LogP contribution in [-0.2, 0) is 0 Å². The van der Waals surface area contributed by atoms with Crippen molar-refractivity contribution >= 4 is 5.69 Å². The maximum absolute atomic E-state index is 10.8. The fraction of sp³-hybridized carbons (Fsp3) is 0.500. The number of rotatable bonds is 5. The predicted octanol–water partition coefficient (Wildman–Crippen LogP) is 0.988. The lowest BCUT2D eigenvalue weighted by Crippen LogP contribution is -2.20. The molecule has 0 aliphatic heterocycles. The van der Waals surface area contributed by atoms with Crippen LogP contribution in [0.2, 0.25) is 0 Å². The summed E-state index contributed by atoms with van der Waals surface area (Å²) in [5, 5.41) is 39.1. The van der Waals surface area contributed by atoms with Crippen molar-refractivity contribution in [3.05, 3.63) is 38.9 Å². The Labute approximate surface area is 105 Å². The molecule has 0 aliphatic rings. The van der Waals surface area contributed by atoms with Crippen LogP contribution in [-0.4, -0.2) is 33.0 Å². The van der Waals surface area contributed by atoms with Crippen molar-refractivity contribution in [1.29, 1.82) is 0 Å². The average molecular weight is 255 g/mol. The molecule has 3 N–H and O–H groups in total. The molecule has 0 radical (unpaired) electrons. The fourth-order valence-corrected chi connectivity index (χ4v) is 1.87. The second kappa shape index (κ2) is 5.90. The molecule has 0 spiro atoms. The molecular formula is C12H17NO5. The van der Waals surface area contributed by atoms with Crippen LogP contribution in [0.15, 0.2) is 12.1 Å². The zero-order valence-electron chi connectivity index (χ0n) is 10.3. The summed E-state index contributed by atoms with van der Waals surface area (Å²) in [7, 11) is 0. The molecule has 0 bridgehead atoms. The van der Waals surface area contributed by atoms with Gasteiger partial charge in [0, 0.05) is 18.2 Å². The lowest BCUT2D eigenvalue weighted by atomic mass is 9.95. The van der Waals surface area contributed by atoms with Gasteiger partial charge in [0.25, 0.3) is 5.69 Å². The van der Waals surface area contributed by atoms with E-state index in [-0.39, 0.29) is 18.7 Å². The van der Waals surface area contributed by atoms with Crippen LogP contribution in [0.5, 0.6) is 0 Å². The molecular weight excluding hydrogens is 238 g/mol. The quantitative estimate of drug-likeness (QED) is 0.537. The minimum atomic E-state index is -1.24. The highest BCUT2D eigenvalue weighted by atomic mass is 16.6. The van der Waals surface area contributed by atoms with Gasteiger partial charge in [0.1, 0.15) is 6.10 Å². The predicted molar refractivity (Wildman–Crippen MR) is 65.2 cm³/mol. The molecule has 0 aliphatic carbocycles. The van der Waals surface area contributed by atoms with Crippen molar-refractivity contribution in [1.82, 2.24) is 0 Å². The molecule has 6 nitrogen and oxygen atoms in total. The Morgan fingerprint density at radius 2 is 1.89 bits per heavy atom. The Balaban J connectivity index is 3.15. The van der Waals surface area contributed by atoms with E-state index < -0.39 is 17.1 Å². The molecule has 2 atom stereocenters. The third-order valence-corrected chi connectivity index (χ3v) is 2.89. The molecule has 0 saturated heterocycles. The van der Waals surface area contributed by atoms with Crippen molar-refractivity contribution in [3.8, 4) is 0 Å². The first-order valence-corrected chi connectivity index (χ1v) is 5.61. The van der Waals surface area contributed by atoms with Gasteiger partial charge in [-0.05, 0) is 37.5 Å². The van der Waals surface area contributed by atoms with Gasteiger partial charge < -0.3 is 15.3 Å². The first-order chi connectivity index (χ1) is 8.38. The van der Waals surface area contributed by atoms with E-state index in [0.29, 0.717) is 16.7 Å². The summed E-state index contributed by atoms with van der Waals surface area (Å²) >= 11 is 0. The monoisotopic (exact) mass is 255 g/mol. The molecule has 100 valence electrons. The molecule has 2 unspecified atom stereocenters. The lowest BCUT2D eigenvalue weighted by Gasteiger charge is -2.19. The van der Waals surface area contributed by atoms with Crippen molar-refractivity contribution < 1.29 is 20.2 Å². The number of nitro benzene ring substituents is 1. The summed E-state index contributed by atoms with van der Waals surface area (Å²) in [6.07, 6.45) is -2.37. The summed E-state index contributed by atoms with van der Waals surface area (Å²) in [5.74, 6) is 0. The molecule has 1 rings (SSSR count). The molecule has 0 amide bonds. The van der Waals surface area contributed by atoms with Gasteiger partial charge in [0.2, 0.25) is 0 Å². The Kier molecular flexibility index (Phi) is 4.77. The van der Waals surface area contributed by atoms with Gasteiger partial charge in [-0.25, -0.2) is 0 Å². The number of benzene rings is 1. The van der Waals surface area contributed by atoms with Crippen molar-refractivity contribution in [2.24, 2.45) is 0 Å². The molecule has 1 aromatic carbocycles. The van der Waals surface area contributed by atoms with Gasteiger partial charge in [0.05, 0.1) is 11.0 Å². The van der Waals surface area contributed by atoms with Gasteiger partial charge in [-0.1, -0.05) is 0 Å². The number of aryl methyl sites for hydroxylation is 2. The van der Waals surface area contributed by atoms with E-state index in [2.05, 4.69) is 0 Å². The SMILES string of the molecule is Cc1cc(C)c([N+](=O)[O-])cc1C(O)C(O)CCO. The van der Waals surface area contributed by atoms with E-state index in [1.54, 1.807) is 19.9 Å². The second-order valence-electron chi connectivity index (χ2n) is 4.28. The molecule has 0 saturated carbocycles. The highest BCUT2D eigenvalue weighted by Gasteiger charge is 2.23. The zero-order chi connectivity index (χ0) is 13.9. The van der Waals surface area contributed by atoms with Crippen LogP contribution >= 0.6 is 0 Å². The van der Waals surface area contributed by atoms with Crippen molar-refractivity contribution in [2.75, 3.05) is 6.61 Å². The Morgan fingerprint density at radius 1 is 1.28 bits per heavy atom. The van der Waals surface area contributed by atoms with E-state index in [9.17, 15) is 20.3 Å². The number of nitrogens with zero attached hydrogens (tertiary/aromatic N) is 1. The number of aliphatic hydroxyl groups excluding tert-OH is 3. The summed E-state index contributed by atoms with van der Waals surface area (Å²) in [6.45, 7) is 3.07. The first-order valence-electron chi connectivity index (χ1n) is 5.61. The molecule has 1 aromatic rings. The van der Waals surface area contributed by atoms with Gasteiger partial charge in [0.15, 0.2) is 0 Å². The Hall–Kier alpha value is -1.50. The fourth-order valence-electron chi connectivity index (χ4n) is 1.87. The summed E-state index contributed by atoms with van der Waals surface area (Å²) in [5.41, 5.74) is 1.40. The second-order valence-corrected chi connectivity index (χ2v) is 4.28. The van der Waals surface area contributed by atoms with Gasteiger partial charge >= 0.3 is 0 Å². The van der Waals surface area contributed by atoms with Crippen molar-refractivity contribution in [2.45, 2.75) is 32.5 Å². The van der Waals surface area contributed by atoms with Crippen LogP contribution in [0.3, 0.4) is 0 Å². The molecule has 0 aromatic heterocycles. The highest BCUT2D eigenvalue weighted by molar-refractivity contribution is 5.47. The third kappa shape index (κ3) is 3.04. The van der Waals surface area contributed by atoms with Crippen LogP contribution in [0, 0.1) is 24.0 Å². The van der Waals surface area contributed by atoms with Crippen LogP contribution in [0.4, 0.5) is 5.69 Å². The number of nitro groups is 1. The standard InChI is InChI=1S/C12H17NO5/c1-7-5-8(2)10(13(17)18)6-9(7)12(16)11(15)3-4-14/h5-6,11-12,14-16H,3-4H2,1-2H3. The molecule has 18 heavy (non-hydrogen) atoms. The van der Waals surface area contributed by atoms with E-state index in [1.165, 1.54) is 6.07 Å². The maximum atomic E-state index is 10.8. The zero-order valence-corrected chi connectivity index (χ0v) is 10.3. The Bertz CT molecular complexity index is 446. The van der Waals surface area contributed by atoms with Crippen LogP contribution < -0.4 is 0 Å². The van der Waals surface area contributed by atoms with Crippen molar-refractivity contribution in [3.63, 3.8) is 0 Å². The normalized spacial score (nSPS) is 14.3. The Morgan fingerprint density at radius 3 is 2.39 bits per heavy atom. The number of aliphatic hydroxyl groups is 3. The summed E-state index contributed by atoms with van der Waals surface area (Å²) < 4.78 is 0. The van der Waals surface area contributed by atoms with E-state index in [0.717, 1.165) is 0 Å². The van der Waals surface area contributed by atoms with Gasteiger partial charge in [-0.15, -0.1) is 0 Å². The number of hydrogen-bond donors (Lipinski definition) is 3. The van der Waals surface area contributed by atoms with Crippen LogP contribution in [0.1, 0.15) is 29.2 Å². The largest absolute Gasteiger partial charge is 0.396 e. The van der Waals surface area contributed by atoms with E-state index in [4.69, 9.17) is 5.11 Å². The number of hydrogen-bond acceptors (Lipinski definition) is 5. The van der Waals surface area contributed by atoms with Gasteiger partial charge in [-0.3, -0.25) is 10.1 Å². The summed E-state index contributed by atoms with van der Waals surface area (Å²) in [4.78, 5) is 10.3. The highest BCUT2D eigenvalue weighted by Crippen LogP contribution is 2.29. The topological polar surface area (TPSA) is 104 Å². The van der Waals surface area contributed by atoms with E-state index in [1.807, 2.05) is 0 Å². The lowest BCUT2D eigenvalue weighted by molar-refractivity contribution is -0.385. The first kappa shape index (κ1) is 14.6. The van der Waals surface area contributed by atoms with E-state index >= 15 is 0 Å². The molecule has 0 heterocycles. The average Bonchev–Trinajstić information content (AvgIpc) is 2.28. The maximum Gasteiger partial charge on any atom is 0.272 e. The molecule has 0 fully saturated rings. The third-order valence-electron chi connectivity index (χ3n) is 2.89. The molecule has 6 heteroatoms. The van der Waals surface area contributed by atoms with Crippen LogP contribution in [0.25, 0.3) is 0 Å². The smallest absolute Gasteiger partial charge is 0.272 e. The minimum Gasteiger partial charge on any atom is -0.396 e. The minimum absolute atomic E-state index is 0.0162.